The molecule has 22 heavy (non-hydrogen) atoms. The summed E-state index contributed by atoms with van der Waals surface area (Å²) in [4.78, 5) is 11.9. The van der Waals surface area contributed by atoms with Crippen molar-refractivity contribution in [1.82, 2.24) is 0 Å². The lowest BCUT2D eigenvalue weighted by Gasteiger charge is -2.33. The molecule has 1 aromatic carbocycles. The van der Waals surface area contributed by atoms with Gasteiger partial charge in [0, 0.05) is 0 Å². The predicted molar refractivity (Wildman–Crippen MR) is 82.7 cm³/mol. The normalized spacial score (nSPS) is 26.7. The Bertz CT molecular complexity index is 541. The molecule has 1 heterocycles. The molecule has 1 saturated heterocycles. The fourth-order valence-electron chi connectivity index (χ4n) is 3.65. The molecule has 120 valence electrons. The molecular weight excluding hydrogens is 280 g/mol. The minimum atomic E-state index is -0.705. The Morgan fingerprint density at radius 2 is 1.77 bits per heavy atom. The van der Waals surface area contributed by atoms with Gasteiger partial charge in [-0.05, 0) is 37.8 Å². The molecule has 1 atom stereocenters. The Balaban J connectivity index is 1.83. The monoisotopic (exact) mass is 304 g/mol. The summed E-state index contributed by atoms with van der Waals surface area (Å²) in [6, 6.07) is 7.90. The van der Waals surface area contributed by atoms with Gasteiger partial charge in [-0.3, -0.25) is 4.79 Å². The first-order chi connectivity index (χ1) is 10.4. The maximum absolute atomic E-state index is 11.9. The number of carbonyl (C=O) groups is 1. The molecule has 0 aromatic heterocycles. The zero-order valence-corrected chi connectivity index (χ0v) is 13.3. The predicted octanol–water partition coefficient (Wildman–Crippen LogP) is 3.80. The van der Waals surface area contributed by atoms with Crippen LogP contribution in [0.15, 0.2) is 24.3 Å². The van der Waals surface area contributed by atoms with Gasteiger partial charge in [0.05, 0.1) is 12.0 Å². The van der Waals surface area contributed by atoms with Gasteiger partial charge in [-0.2, -0.15) is 0 Å². The second-order valence-corrected chi connectivity index (χ2v) is 6.89. The zero-order valence-electron chi connectivity index (χ0n) is 13.3. The average Bonchev–Trinajstić information content (AvgIpc) is 2.88. The molecular formula is C18H24O4. The number of aliphatic carboxylic acids is 1. The minimum Gasteiger partial charge on any atom is -0.481 e. The fraction of sp³-hybridized carbons (Fsp3) is 0.611. The summed E-state index contributed by atoms with van der Waals surface area (Å²) in [7, 11) is 0. The Morgan fingerprint density at radius 1 is 1.14 bits per heavy atom. The molecule has 1 aliphatic heterocycles. The number of rotatable bonds is 3. The van der Waals surface area contributed by atoms with Crippen LogP contribution in [0.25, 0.3) is 0 Å². The van der Waals surface area contributed by atoms with Gasteiger partial charge < -0.3 is 14.6 Å². The quantitative estimate of drug-likeness (QED) is 0.923. The van der Waals surface area contributed by atoms with Crippen molar-refractivity contribution in [2.24, 2.45) is 0 Å². The van der Waals surface area contributed by atoms with Gasteiger partial charge in [0.1, 0.15) is 6.10 Å². The Hall–Kier alpha value is -1.39. The van der Waals surface area contributed by atoms with E-state index in [0.717, 1.165) is 43.2 Å². The lowest BCUT2D eigenvalue weighted by Crippen LogP contribution is -2.37. The smallest absolute Gasteiger partial charge is 0.314 e. The molecule has 1 saturated carbocycles. The lowest BCUT2D eigenvalue weighted by molar-refractivity contribution is -0.145. The molecule has 2 fully saturated rings. The molecule has 0 amide bonds. The first kappa shape index (κ1) is 15.5. The topological polar surface area (TPSA) is 55.8 Å². The first-order valence-electron chi connectivity index (χ1n) is 8.09. The summed E-state index contributed by atoms with van der Waals surface area (Å²) in [5.41, 5.74) is 1.26. The van der Waals surface area contributed by atoms with Gasteiger partial charge in [0.15, 0.2) is 5.79 Å². The van der Waals surface area contributed by atoms with E-state index in [1.165, 1.54) is 0 Å². The largest absolute Gasteiger partial charge is 0.481 e. The number of hydrogen-bond acceptors (Lipinski definition) is 3. The highest BCUT2D eigenvalue weighted by molar-refractivity contribution is 5.81. The third-order valence-electron chi connectivity index (χ3n) is 4.96. The van der Waals surface area contributed by atoms with Crippen LogP contribution in [0.4, 0.5) is 0 Å². The molecule has 0 radical (unpaired) electrons. The molecule has 0 spiro atoms. The van der Waals surface area contributed by atoms with E-state index >= 15 is 0 Å². The van der Waals surface area contributed by atoms with Gasteiger partial charge in [-0.1, -0.05) is 43.5 Å². The number of benzene rings is 1. The van der Waals surface area contributed by atoms with E-state index in [1.54, 1.807) is 0 Å². The van der Waals surface area contributed by atoms with Gasteiger partial charge in [-0.25, -0.2) is 0 Å². The van der Waals surface area contributed by atoms with E-state index in [2.05, 4.69) is 0 Å². The van der Waals surface area contributed by atoms with Gasteiger partial charge in [-0.15, -0.1) is 0 Å². The van der Waals surface area contributed by atoms with E-state index < -0.39 is 17.2 Å². The van der Waals surface area contributed by atoms with Crippen LogP contribution >= 0.6 is 0 Å². The maximum Gasteiger partial charge on any atom is 0.314 e. The van der Waals surface area contributed by atoms with Crippen molar-refractivity contribution in [1.29, 1.82) is 0 Å². The van der Waals surface area contributed by atoms with Crippen LogP contribution in [0.2, 0.25) is 0 Å². The van der Waals surface area contributed by atoms with Crippen molar-refractivity contribution in [2.75, 3.05) is 6.61 Å². The van der Waals surface area contributed by atoms with Crippen LogP contribution in [0.3, 0.4) is 0 Å². The van der Waals surface area contributed by atoms with Crippen LogP contribution in [-0.4, -0.2) is 23.5 Å². The summed E-state index contributed by atoms with van der Waals surface area (Å²) >= 11 is 0. The van der Waals surface area contributed by atoms with Crippen molar-refractivity contribution in [3.63, 3.8) is 0 Å². The Kier molecular flexibility index (Phi) is 4.00. The number of hydrogen-bond donors (Lipinski definition) is 1. The maximum atomic E-state index is 11.9. The van der Waals surface area contributed by atoms with Crippen LogP contribution in [-0.2, 0) is 19.7 Å². The van der Waals surface area contributed by atoms with Crippen LogP contribution in [0.1, 0.15) is 63.2 Å². The van der Waals surface area contributed by atoms with Crippen molar-refractivity contribution in [2.45, 2.75) is 63.3 Å². The fourth-order valence-corrected chi connectivity index (χ4v) is 3.65. The van der Waals surface area contributed by atoms with E-state index in [9.17, 15) is 9.90 Å². The summed E-state index contributed by atoms with van der Waals surface area (Å²) in [5.74, 6) is -1.24. The third kappa shape index (κ3) is 2.77. The zero-order chi connectivity index (χ0) is 15.8. The SMILES string of the molecule is CC1(C)OCC(c2ccc(C3(C(=O)O)CCCCC3)cc2)O1. The molecule has 1 aromatic rings. The lowest BCUT2D eigenvalue weighted by atomic mass is 9.69. The van der Waals surface area contributed by atoms with E-state index in [-0.39, 0.29) is 6.10 Å². The van der Waals surface area contributed by atoms with Gasteiger partial charge in [0.2, 0.25) is 0 Å². The highest BCUT2D eigenvalue weighted by Crippen LogP contribution is 2.40. The van der Waals surface area contributed by atoms with Gasteiger partial charge in [0.25, 0.3) is 0 Å². The highest BCUT2D eigenvalue weighted by Gasteiger charge is 2.41. The third-order valence-corrected chi connectivity index (χ3v) is 4.96. The number of carboxylic acid groups (broad SMARTS) is 1. The first-order valence-corrected chi connectivity index (χ1v) is 8.09. The average molecular weight is 304 g/mol. The molecule has 1 unspecified atom stereocenters. The summed E-state index contributed by atoms with van der Waals surface area (Å²) in [6.45, 7) is 4.35. The van der Waals surface area contributed by atoms with Crippen molar-refractivity contribution in [3.05, 3.63) is 35.4 Å². The standard InChI is InChI=1S/C18H24O4/c1-17(2)21-12-15(22-17)13-6-8-14(9-7-13)18(16(19)20)10-4-3-5-11-18/h6-9,15H,3-5,10-12H2,1-2H3,(H,19,20). The van der Waals surface area contributed by atoms with Crippen molar-refractivity contribution < 1.29 is 19.4 Å². The molecule has 3 rings (SSSR count). The van der Waals surface area contributed by atoms with Crippen LogP contribution < -0.4 is 0 Å². The second kappa shape index (κ2) is 5.67. The molecule has 1 N–H and O–H groups in total. The number of ether oxygens (including phenoxy) is 2. The van der Waals surface area contributed by atoms with Crippen molar-refractivity contribution in [3.8, 4) is 0 Å². The molecule has 0 bridgehead atoms. The number of carboxylic acids is 1. The second-order valence-electron chi connectivity index (χ2n) is 6.89. The minimum absolute atomic E-state index is 0.0730. The molecule has 4 heteroatoms. The Labute approximate surface area is 131 Å². The van der Waals surface area contributed by atoms with Crippen LogP contribution in [0, 0.1) is 0 Å². The van der Waals surface area contributed by atoms with Crippen LogP contribution in [0.5, 0.6) is 0 Å². The van der Waals surface area contributed by atoms with E-state index in [0.29, 0.717) is 6.61 Å². The molecule has 4 nitrogen and oxygen atoms in total. The van der Waals surface area contributed by atoms with E-state index in [4.69, 9.17) is 9.47 Å². The summed E-state index contributed by atoms with van der Waals surface area (Å²) in [6.07, 6.45) is 4.50. The van der Waals surface area contributed by atoms with Gasteiger partial charge >= 0.3 is 5.97 Å². The summed E-state index contributed by atoms with van der Waals surface area (Å²) in [5, 5.41) is 9.75. The highest BCUT2D eigenvalue weighted by atomic mass is 16.7. The van der Waals surface area contributed by atoms with E-state index in [1.807, 2.05) is 38.1 Å². The molecule has 1 aliphatic carbocycles. The summed E-state index contributed by atoms with van der Waals surface area (Å²) < 4.78 is 11.4. The Morgan fingerprint density at radius 3 is 2.27 bits per heavy atom. The molecule has 2 aliphatic rings. The van der Waals surface area contributed by atoms with Crippen molar-refractivity contribution >= 4 is 5.97 Å².